The zero-order chi connectivity index (χ0) is 19.1. The Morgan fingerprint density at radius 3 is 2.30 bits per heavy atom. The standard InChI is InChI=1S/C24H21NO2/c1-15-9-10-19(13-16(15)2)25-17(3)23(21-14-20(26)11-12-22(21)25)24(27)18-7-5-4-6-8-18/h4-14,26H,1-3H3. The fourth-order valence-corrected chi connectivity index (χ4v) is 3.62. The molecule has 0 bridgehead atoms. The average Bonchev–Trinajstić information content (AvgIpc) is 2.95. The van der Waals surface area contributed by atoms with Gasteiger partial charge in [-0.2, -0.15) is 0 Å². The van der Waals surface area contributed by atoms with Crippen molar-refractivity contribution >= 4 is 16.7 Å². The van der Waals surface area contributed by atoms with Gasteiger partial charge in [0.05, 0.1) is 11.1 Å². The maximum atomic E-state index is 13.3. The Morgan fingerprint density at radius 2 is 1.59 bits per heavy atom. The van der Waals surface area contributed by atoms with E-state index in [0.29, 0.717) is 11.1 Å². The second-order valence-corrected chi connectivity index (χ2v) is 6.96. The summed E-state index contributed by atoms with van der Waals surface area (Å²) in [5.41, 5.74) is 6.49. The number of rotatable bonds is 3. The van der Waals surface area contributed by atoms with Crippen molar-refractivity contribution < 1.29 is 9.90 Å². The molecule has 3 nitrogen and oxygen atoms in total. The van der Waals surface area contributed by atoms with Crippen molar-refractivity contribution in [2.24, 2.45) is 0 Å². The Balaban J connectivity index is 2.03. The number of nitrogens with zero attached hydrogens (tertiary/aromatic N) is 1. The van der Waals surface area contributed by atoms with E-state index in [1.54, 1.807) is 12.1 Å². The Bertz CT molecular complexity index is 1170. The van der Waals surface area contributed by atoms with Crippen LogP contribution in [0.3, 0.4) is 0 Å². The predicted octanol–water partition coefficient (Wildman–Crippen LogP) is 5.49. The van der Waals surface area contributed by atoms with Crippen molar-refractivity contribution in [2.75, 3.05) is 0 Å². The van der Waals surface area contributed by atoms with Gasteiger partial charge in [-0.1, -0.05) is 36.4 Å². The number of benzene rings is 3. The lowest BCUT2D eigenvalue weighted by atomic mass is 10.0. The first kappa shape index (κ1) is 17.1. The van der Waals surface area contributed by atoms with Crippen molar-refractivity contribution in [3.63, 3.8) is 0 Å². The molecule has 0 aliphatic heterocycles. The van der Waals surface area contributed by atoms with Gasteiger partial charge in [-0.3, -0.25) is 4.79 Å². The summed E-state index contributed by atoms with van der Waals surface area (Å²) >= 11 is 0. The molecule has 1 aromatic heterocycles. The number of aromatic hydroxyl groups is 1. The largest absolute Gasteiger partial charge is 0.508 e. The molecule has 3 aromatic carbocycles. The SMILES string of the molecule is Cc1ccc(-n2c(C)c(C(=O)c3ccccc3)c3cc(O)ccc32)cc1C. The first-order valence-electron chi connectivity index (χ1n) is 8.99. The molecule has 27 heavy (non-hydrogen) atoms. The third kappa shape index (κ3) is 2.81. The van der Waals surface area contributed by atoms with Crippen LogP contribution in [0.1, 0.15) is 32.7 Å². The molecule has 0 atom stereocenters. The topological polar surface area (TPSA) is 42.2 Å². The molecular weight excluding hydrogens is 334 g/mol. The van der Waals surface area contributed by atoms with Crippen LogP contribution < -0.4 is 0 Å². The van der Waals surface area contributed by atoms with Gasteiger partial charge in [0.15, 0.2) is 5.78 Å². The molecule has 4 aromatic rings. The number of phenols is 1. The van der Waals surface area contributed by atoms with Crippen LogP contribution in [0.2, 0.25) is 0 Å². The number of ketones is 1. The molecule has 0 saturated heterocycles. The van der Waals surface area contributed by atoms with Gasteiger partial charge in [0.25, 0.3) is 0 Å². The molecule has 0 aliphatic rings. The molecule has 3 heteroatoms. The molecule has 0 aliphatic carbocycles. The maximum absolute atomic E-state index is 13.3. The van der Waals surface area contributed by atoms with Crippen LogP contribution in [0.25, 0.3) is 16.6 Å². The van der Waals surface area contributed by atoms with Gasteiger partial charge in [-0.15, -0.1) is 0 Å². The average molecular weight is 355 g/mol. The summed E-state index contributed by atoms with van der Waals surface area (Å²) in [4.78, 5) is 13.3. The van der Waals surface area contributed by atoms with E-state index >= 15 is 0 Å². The van der Waals surface area contributed by atoms with Crippen molar-refractivity contribution in [1.82, 2.24) is 4.57 Å². The summed E-state index contributed by atoms with van der Waals surface area (Å²) in [6, 6.07) is 20.8. The lowest BCUT2D eigenvalue weighted by molar-refractivity contribution is 0.103. The van der Waals surface area contributed by atoms with E-state index in [9.17, 15) is 9.90 Å². The van der Waals surface area contributed by atoms with E-state index in [1.165, 1.54) is 11.1 Å². The lowest BCUT2D eigenvalue weighted by Gasteiger charge is -2.11. The van der Waals surface area contributed by atoms with Crippen molar-refractivity contribution in [2.45, 2.75) is 20.8 Å². The maximum Gasteiger partial charge on any atom is 0.195 e. The highest BCUT2D eigenvalue weighted by molar-refractivity contribution is 6.18. The van der Waals surface area contributed by atoms with Gasteiger partial charge >= 0.3 is 0 Å². The fourth-order valence-electron chi connectivity index (χ4n) is 3.62. The summed E-state index contributed by atoms with van der Waals surface area (Å²) in [7, 11) is 0. The quantitative estimate of drug-likeness (QED) is 0.494. The summed E-state index contributed by atoms with van der Waals surface area (Å²) in [6.45, 7) is 6.13. The Hall–Kier alpha value is -3.33. The van der Waals surface area contributed by atoms with Crippen LogP contribution in [0, 0.1) is 20.8 Å². The molecule has 0 amide bonds. The minimum absolute atomic E-state index is 0.0358. The minimum Gasteiger partial charge on any atom is -0.508 e. The van der Waals surface area contributed by atoms with Gasteiger partial charge in [-0.05, 0) is 62.2 Å². The highest BCUT2D eigenvalue weighted by Crippen LogP contribution is 2.33. The molecule has 1 heterocycles. The number of hydrogen-bond donors (Lipinski definition) is 1. The first-order chi connectivity index (χ1) is 13.0. The monoisotopic (exact) mass is 355 g/mol. The molecule has 0 unspecified atom stereocenters. The number of hydrogen-bond acceptors (Lipinski definition) is 2. The van der Waals surface area contributed by atoms with Gasteiger partial charge in [0.2, 0.25) is 0 Å². The molecule has 0 radical (unpaired) electrons. The molecule has 4 rings (SSSR count). The van der Waals surface area contributed by atoms with Crippen molar-refractivity contribution in [3.05, 3.63) is 94.7 Å². The van der Waals surface area contributed by atoms with E-state index in [-0.39, 0.29) is 11.5 Å². The Kier molecular flexibility index (Phi) is 4.08. The number of aromatic nitrogens is 1. The van der Waals surface area contributed by atoms with E-state index in [4.69, 9.17) is 0 Å². The van der Waals surface area contributed by atoms with Crippen molar-refractivity contribution in [1.29, 1.82) is 0 Å². The number of phenolic OH excluding ortho intramolecular Hbond substituents is 1. The van der Waals surface area contributed by atoms with E-state index < -0.39 is 0 Å². The summed E-state index contributed by atoms with van der Waals surface area (Å²) in [5, 5.41) is 10.8. The molecule has 0 saturated carbocycles. The van der Waals surface area contributed by atoms with Gasteiger partial charge < -0.3 is 9.67 Å². The highest BCUT2D eigenvalue weighted by atomic mass is 16.3. The number of carbonyl (C=O) groups excluding carboxylic acids is 1. The van der Waals surface area contributed by atoms with Gasteiger partial charge in [0.1, 0.15) is 5.75 Å². The second-order valence-electron chi connectivity index (χ2n) is 6.96. The van der Waals surface area contributed by atoms with Gasteiger partial charge in [0, 0.05) is 22.3 Å². The normalized spacial score (nSPS) is 11.1. The van der Waals surface area contributed by atoms with Crippen molar-refractivity contribution in [3.8, 4) is 11.4 Å². The van der Waals surface area contributed by atoms with E-state index in [2.05, 4.69) is 36.6 Å². The number of fused-ring (bicyclic) bond motifs is 1. The van der Waals surface area contributed by atoms with Crippen LogP contribution in [0.4, 0.5) is 0 Å². The van der Waals surface area contributed by atoms with Crippen LogP contribution in [-0.4, -0.2) is 15.5 Å². The van der Waals surface area contributed by atoms with Crippen LogP contribution in [0.5, 0.6) is 5.75 Å². The highest BCUT2D eigenvalue weighted by Gasteiger charge is 2.22. The summed E-state index contributed by atoms with van der Waals surface area (Å²) in [6.07, 6.45) is 0. The second kappa shape index (κ2) is 6.44. The third-order valence-electron chi connectivity index (χ3n) is 5.20. The van der Waals surface area contributed by atoms with Crippen LogP contribution >= 0.6 is 0 Å². The molecule has 0 fully saturated rings. The van der Waals surface area contributed by atoms with E-state index in [0.717, 1.165) is 22.3 Å². The van der Waals surface area contributed by atoms with Crippen LogP contribution in [0.15, 0.2) is 66.7 Å². The lowest BCUT2D eigenvalue weighted by Crippen LogP contribution is -2.04. The zero-order valence-corrected chi connectivity index (χ0v) is 15.7. The third-order valence-corrected chi connectivity index (χ3v) is 5.20. The zero-order valence-electron chi connectivity index (χ0n) is 15.7. The molecule has 134 valence electrons. The molecule has 1 N–H and O–H groups in total. The van der Waals surface area contributed by atoms with E-state index in [1.807, 2.05) is 43.3 Å². The molecular formula is C24H21NO2. The van der Waals surface area contributed by atoms with Gasteiger partial charge in [-0.25, -0.2) is 0 Å². The Morgan fingerprint density at radius 1 is 0.852 bits per heavy atom. The number of carbonyl (C=O) groups is 1. The fraction of sp³-hybridized carbons (Fsp3) is 0.125. The molecule has 0 spiro atoms. The number of aryl methyl sites for hydroxylation is 2. The first-order valence-corrected chi connectivity index (χ1v) is 8.99. The summed E-state index contributed by atoms with van der Waals surface area (Å²) in [5.74, 6) is 0.119. The smallest absolute Gasteiger partial charge is 0.195 e. The Labute approximate surface area is 158 Å². The minimum atomic E-state index is -0.0358. The summed E-state index contributed by atoms with van der Waals surface area (Å²) < 4.78 is 2.09. The van der Waals surface area contributed by atoms with Crippen LogP contribution in [-0.2, 0) is 0 Å². The predicted molar refractivity (Wildman–Crippen MR) is 109 cm³/mol.